The maximum atomic E-state index is 13.9. The number of aromatic nitrogens is 2. The molecule has 1 saturated carbocycles. The fraction of sp³-hybridized carbons (Fsp3) is 0.478. The number of carbonyl (C=O) groups excluding carboxylic acids is 3. The summed E-state index contributed by atoms with van der Waals surface area (Å²) < 4.78 is 13.9. The zero-order valence-corrected chi connectivity index (χ0v) is 19.4. The van der Waals surface area contributed by atoms with Gasteiger partial charge in [0.1, 0.15) is 11.5 Å². The quantitative estimate of drug-likeness (QED) is 0.630. The van der Waals surface area contributed by atoms with Crippen LogP contribution in [0, 0.1) is 18.2 Å². The van der Waals surface area contributed by atoms with Gasteiger partial charge in [0, 0.05) is 25.0 Å². The highest BCUT2D eigenvalue weighted by Crippen LogP contribution is 2.46. The van der Waals surface area contributed by atoms with Crippen LogP contribution in [-0.2, 0) is 4.79 Å². The Balaban J connectivity index is 1.44. The van der Waals surface area contributed by atoms with Crippen molar-refractivity contribution in [1.82, 2.24) is 20.6 Å². The topological polar surface area (TPSA) is 107 Å². The molecule has 2 fully saturated rings. The van der Waals surface area contributed by atoms with Crippen LogP contribution in [0.4, 0.5) is 10.1 Å². The second-order valence-corrected chi connectivity index (χ2v) is 9.25. The molecule has 2 aromatic rings. The molecule has 1 aromatic carbocycles. The van der Waals surface area contributed by atoms with Gasteiger partial charge in [0.25, 0.3) is 11.8 Å². The number of carbonyl (C=O) groups is 3. The Morgan fingerprint density at radius 3 is 2.67 bits per heavy atom. The fourth-order valence-corrected chi connectivity index (χ4v) is 5.20. The van der Waals surface area contributed by atoms with Crippen molar-refractivity contribution in [2.45, 2.75) is 51.5 Å². The van der Waals surface area contributed by atoms with Crippen molar-refractivity contribution in [3.63, 3.8) is 0 Å². The van der Waals surface area contributed by atoms with Gasteiger partial charge < -0.3 is 20.5 Å². The summed E-state index contributed by atoms with van der Waals surface area (Å²) in [5.74, 6) is -1.21. The van der Waals surface area contributed by atoms with Crippen molar-refractivity contribution in [1.29, 1.82) is 0 Å². The molecule has 2 aliphatic rings. The molecule has 10 heteroatoms. The molecule has 3 N–H and O–H groups in total. The number of aryl methyl sites for hydroxylation is 1. The second-order valence-electron chi connectivity index (χ2n) is 8.85. The van der Waals surface area contributed by atoms with Gasteiger partial charge in [-0.1, -0.05) is 11.6 Å². The number of halogens is 2. The first-order valence-electron chi connectivity index (χ1n) is 11.1. The van der Waals surface area contributed by atoms with Crippen molar-refractivity contribution in [3.8, 4) is 0 Å². The van der Waals surface area contributed by atoms with Crippen molar-refractivity contribution in [3.05, 3.63) is 46.3 Å². The zero-order chi connectivity index (χ0) is 23.8. The SMILES string of the molecule is CNC(=O)c1[nH]cnc1C(=O)NC1CCC2(CCCN(c3cc(C)c(F)cc3Cl)C2=O)CC1. The minimum Gasteiger partial charge on any atom is -0.354 e. The predicted molar refractivity (Wildman–Crippen MR) is 122 cm³/mol. The van der Waals surface area contributed by atoms with E-state index in [2.05, 4.69) is 20.6 Å². The number of amides is 3. The van der Waals surface area contributed by atoms with Gasteiger partial charge in [-0.05, 0) is 63.1 Å². The van der Waals surface area contributed by atoms with Gasteiger partial charge in [0.2, 0.25) is 5.91 Å². The molecule has 176 valence electrons. The Kier molecular flexibility index (Phi) is 6.43. The summed E-state index contributed by atoms with van der Waals surface area (Å²) >= 11 is 6.28. The lowest BCUT2D eigenvalue weighted by Crippen LogP contribution is -2.52. The van der Waals surface area contributed by atoms with E-state index in [1.807, 2.05) is 0 Å². The van der Waals surface area contributed by atoms with E-state index in [0.717, 1.165) is 12.8 Å². The molecule has 1 saturated heterocycles. The first-order chi connectivity index (χ1) is 15.8. The molecule has 0 radical (unpaired) electrons. The van der Waals surface area contributed by atoms with Gasteiger partial charge in [-0.25, -0.2) is 9.37 Å². The lowest BCUT2D eigenvalue weighted by Gasteiger charge is -2.45. The highest BCUT2D eigenvalue weighted by atomic mass is 35.5. The smallest absolute Gasteiger partial charge is 0.272 e. The first-order valence-corrected chi connectivity index (χ1v) is 11.5. The number of H-pyrrole nitrogens is 1. The lowest BCUT2D eigenvalue weighted by molar-refractivity contribution is -0.132. The number of rotatable bonds is 4. The van der Waals surface area contributed by atoms with Crippen LogP contribution >= 0.6 is 11.6 Å². The fourth-order valence-electron chi connectivity index (χ4n) is 4.95. The highest BCUT2D eigenvalue weighted by Gasteiger charge is 2.47. The number of piperidine rings is 1. The summed E-state index contributed by atoms with van der Waals surface area (Å²) in [5, 5.41) is 5.66. The maximum absolute atomic E-state index is 13.9. The number of benzene rings is 1. The van der Waals surface area contributed by atoms with E-state index >= 15 is 0 Å². The van der Waals surface area contributed by atoms with E-state index in [1.54, 1.807) is 17.9 Å². The summed E-state index contributed by atoms with van der Waals surface area (Å²) in [7, 11) is 1.48. The molecule has 4 rings (SSSR count). The van der Waals surface area contributed by atoms with Gasteiger partial charge in [0.15, 0.2) is 5.69 Å². The Labute approximate surface area is 196 Å². The van der Waals surface area contributed by atoms with E-state index < -0.39 is 23.0 Å². The van der Waals surface area contributed by atoms with Crippen molar-refractivity contribution in [2.24, 2.45) is 5.41 Å². The van der Waals surface area contributed by atoms with Crippen LogP contribution in [0.5, 0.6) is 0 Å². The van der Waals surface area contributed by atoms with Crippen LogP contribution in [0.25, 0.3) is 0 Å². The molecule has 8 nitrogen and oxygen atoms in total. The van der Waals surface area contributed by atoms with Crippen LogP contribution in [0.3, 0.4) is 0 Å². The van der Waals surface area contributed by atoms with E-state index in [-0.39, 0.29) is 28.4 Å². The molecule has 1 aromatic heterocycles. The number of nitrogens with zero attached hydrogens (tertiary/aromatic N) is 2. The minimum atomic E-state index is -0.509. The van der Waals surface area contributed by atoms with Gasteiger partial charge in [-0.3, -0.25) is 14.4 Å². The minimum absolute atomic E-state index is 0.0145. The third kappa shape index (κ3) is 4.34. The van der Waals surface area contributed by atoms with Gasteiger partial charge in [-0.2, -0.15) is 0 Å². The molecule has 1 spiro atoms. The molecule has 0 atom stereocenters. The Morgan fingerprint density at radius 2 is 1.97 bits per heavy atom. The molecular weight excluding hydrogens is 449 g/mol. The van der Waals surface area contributed by atoms with E-state index in [1.165, 1.54) is 19.4 Å². The van der Waals surface area contributed by atoms with Gasteiger partial charge >= 0.3 is 0 Å². The highest BCUT2D eigenvalue weighted by molar-refractivity contribution is 6.34. The molecule has 0 bridgehead atoms. The molecule has 2 heterocycles. The van der Waals surface area contributed by atoms with Crippen LogP contribution < -0.4 is 15.5 Å². The second kappa shape index (κ2) is 9.13. The number of aromatic amines is 1. The molecule has 1 aliphatic heterocycles. The lowest BCUT2D eigenvalue weighted by atomic mass is 9.67. The normalized spacial score (nSPS) is 23.0. The molecular formula is C23H27ClFN5O3. The first kappa shape index (κ1) is 23.2. The number of hydrogen-bond donors (Lipinski definition) is 3. The predicted octanol–water partition coefficient (Wildman–Crippen LogP) is 3.36. The van der Waals surface area contributed by atoms with Crippen molar-refractivity contribution < 1.29 is 18.8 Å². The van der Waals surface area contributed by atoms with E-state index in [0.29, 0.717) is 43.5 Å². The third-order valence-electron chi connectivity index (χ3n) is 6.84. The number of imidazole rings is 1. The summed E-state index contributed by atoms with van der Waals surface area (Å²) in [4.78, 5) is 46.5. The third-order valence-corrected chi connectivity index (χ3v) is 7.14. The summed E-state index contributed by atoms with van der Waals surface area (Å²) in [6, 6.07) is 2.78. The zero-order valence-electron chi connectivity index (χ0n) is 18.6. The Bertz CT molecular complexity index is 1090. The molecule has 3 amide bonds. The van der Waals surface area contributed by atoms with Crippen molar-refractivity contribution in [2.75, 3.05) is 18.5 Å². The summed E-state index contributed by atoms with van der Waals surface area (Å²) in [6.07, 6.45) is 5.47. The molecule has 0 unspecified atom stereocenters. The number of hydrogen-bond acceptors (Lipinski definition) is 4. The largest absolute Gasteiger partial charge is 0.354 e. The Morgan fingerprint density at radius 1 is 1.24 bits per heavy atom. The van der Waals surface area contributed by atoms with Gasteiger partial charge in [-0.15, -0.1) is 0 Å². The van der Waals surface area contributed by atoms with Gasteiger partial charge in [0.05, 0.1) is 17.0 Å². The summed E-state index contributed by atoms with van der Waals surface area (Å²) in [5.41, 5.74) is 0.658. The van der Waals surface area contributed by atoms with E-state index in [9.17, 15) is 18.8 Å². The van der Waals surface area contributed by atoms with E-state index in [4.69, 9.17) is 11.6 Å². The van der Waals surface area contributed by atoms with Crippen molar-refractivity contribution >= 4 is 35.0 Å². The van der Waals surface area contributed by atoms with Crippen LogP contribution in [0.2, 0.25) is 5.02 Å². The number of nitrogens with one attached hydrogen (secondary N) is 3. The average Bonchev–Trinajstić information content (AvgIpc) is 3.30. The average molecular weight is 476 g/mol. The molecule has 33 heavy (non-hydrogen) atoms. The summed E-state index contributed by atoms with van der Waals surface area (Å²) in [6.45, 7) is 2.20. The van der Waals surface area contributed by atoms with Crippen LogP contribution in [0.15, 0.2) is 18.5 Å². The monoisotopic (exact) mass is 475 g/mol. The molecule has 1 aliphatic carbocycles. The maximum Gasteiger partial charge on any atom is 0.272 e. The number of anilines is 1. The van der Waals surface area contributed by atoms with Crippen LogP contribution in [0.1, 0.15) is 65.1 Å². The Hall–Kier alpha value is -2.94. The standard InChI is InChI=1S/C23H27ClFN5O3/c1-13-10-17(15(24)11-16(13)25)30-9-3-6-23(22(30)33)7-4-14(5-8-23)29-21(32)19-18(20(31)26-2)27-12-28-19/h10-12,14H,3-9H2,1-2H3,(H,26,31)(H,27,28)(H,29,32). The van der Waals surface area contributed by atoms with Crippen LogP contribution in [-0.4, -0.2) is 47.3 Å².